The van der Waals surface area contributed by atoms with Gasteiger partial charge in [-0.05, 0) is 52.7 Å². The van der Waals surface area contributed by atoms with Crippen LogP contribution in [0, 0.1) is 3.77 Å². The number of carbonyl (C=O) groups is 1. The number of thioether (sulfide) groups is 2. The van der Waals surface area contributed by atoms with Crippen molar-refractivity contribution in [3.8, 4) is 0 Å². The van der Waals surface area contributed by atoms with Gasteiger partial charge in [-0.3, -0.25) is 4.79 Å². The van der Waals surface area contributed by atoms with Gasteiger partial charge in [0.25, 0.3) is 0 Å². The Morgan fingerprint density at radius 2 is 2.40 bits per heavy atom. The number of hydrogen-bond acceptors (Lipinski definition) is 5. The Kier molecular flexibility index (Phi) is 3.57. The minimum absolute atomic E-state index is 0.0224. The van der Waals surface area contributed by atoms with Crippen molar-refractivity contribution in [1.29, 1.82) is 0 Å². The van der Waals surface area contributed by atoms with Crippen LogP contribution in [0.5, 0.6) is 0 Å². The normalized spacial score (nSPS) is 18.7. The molecule has 15 heavy (non-hydrogen) atoms. The van der Waals surface area contributed by atoms with Crippen molar-refractivity contribution in [1.82, 2.24) is 0 Å². The average molecular weight is 351 g/mol. The lowest BCUT2D eigenvalue weighted by molar-refractivity contribution is -0.107. The molecule has 78 valence electrons. The lowest BCUT2D eigenvalue weighted by Gasteiger charge is -1.87. The lowest BCUT2D eigenvalue weighted by atomic mass is 10.3. The van der Waals surface area contributed by atoms with Crippen LogP contribution in [0.25, 0.3) is 6.08 Å². The van der Waals surface area contributed by atoms with Crippen LogP contribution >= 0.6 is 46.1 Å². The highest BCUT2D eigenvalue weighted by molar-refractivity contribution is 14.1. The minimum atomic E-state index is -0.0224. The molecule has 0 saturated heterocycles. The fourth-order valence-electron chi connectivity index (χ4n) is 1.02. The molecule has 2 rings (SSSR count). The number of rotatable bonds is 1. The minimum Gasteiger partial charge on any atom is -0.451 e. The molecule has 6 heteroatoms. The number of hydrogen-bond donors (Lipinski definition) is 0. The molecule has 0 unspecified atom stereocenters. The molecular weight excluding hydrogens is 345 g/mol. The van der Waals surface area contributed by atoms with Gasteiger partial charge in [0.05, 0.1) is 0 Å². The Hall–Kier alpha value is -0.210. The van der Waals surface area contributed by atoms with Crippen LogP contribution in [0.1, 0.15) is 5.76 Å². The molecule has 1 aliphatic heterocycles. The van der Waals surface area contributed by atoms with Gasteiger partial charge in [0.15, 0.2) is 3.77 Å². The zero-order chi connectivity index (χ0) is 10.8. The summed E-state index contributed by atoms with van der Waals surface area (Å²) in [5.41, 5.74) is 0.454. The van der Waals surface area contributed by atoms with Gasteiger partial charge in [0.2, 0.25) is 5.12 Å². The molecule has 0 amide bonds. The van der Waals surface area contributed by atoms with Crippen LogP contribution in [0.3, 0.4) is 0 Å². The summed E-state index contributed by atoms with van der Waals surface area (Å²) in [6.45, 7) is 0. The van der Waals surface area contributed by atoms with Gasteiger partial charge in [-0.15, -0.1) is 11.8 Å². The van der Waals surface area contributed by atoms with E-state index in [0.29, 0.717) is 11.5 Å². The van der Waals surface area contributed by atoms with Crippen molar-refractivity contribution in [3.63, 3.8) is 0 Å². The maximum absolute atomic E-state index is 11.5. The summed E-state index contributed by atoms with van der Waals surface area (Å²) >= 11 is 4.71. The van der Waals surface area contributed by atoms with E-state index in [0.717, 1.165) is 19.9 Å². The van der Waals surface area contributed by atoms with E-state index in [2.05, 4.69) is 27.6 Å². The van der Waals surface area contributed by atoms with Crippen LogP contribution in [0.2, 0.25) is 0 Å². The van der Waals surface area contributed by atoms with Gasteiger partial charge >= 0.3 is 0 Å². The first-order valence-corrected chi connectivity index (χ1v) is 7.13. The summed E-state index contributed by atoms with van der Waals surface area (Å²) in [4.78, 5) is 15.7. The van der Waals surface area contributed by atoms with Gasteiger partial charge < -0.3 is 4.42 Å². The van der Waals surface area contributed by atoms with Gasteiger partial charge in [0, 0.05) is 6.08 Å². The quantitative estimate of drug-likeness (QED) is 0.576. The Bertz CT molecular complexity index is 464. The molecule has 0 aromatic carbocycles. The number of nitrogens with zero attached hydrogens (tertiary/aromatic N) is 1. The summed E-state index contributed by atoms with van der Waals surface area (Å²) in [5.74, 6) is 0.662. The molecule has 0 atom stereocenters. The Morgan fingerprint density at radius 1 is 1.60 bits per heavy atom. The largest absolute Gasteiger partial charge is 0.451 e. The zero-order valence-electron chi connectivity index (χ0n) is 7.69. The highest BCUT2D eigenvalue weighted by Crippen LogP contribution is 2.29. The van der Waals surface area contributed by atoms with E-state index in [1.165, 1.54) is 11.8 Å². The molecule has 2 heterocycles. The standard InChI is InChI=1S/C9H6INO2S2/c1-14-9-11-6(8(12)15-9)4-5-2-3-7(10)13-5/h2-4H,1H3/b6-4-. The highest BCUT2D eigenvalue weighted by atomic mass is 127. The van der Waals surface area contributed by atoms with Crippen LogP contribution in [0.15, 0.2) is 27.2 Å². The second-order valence-electron chi connectivity index (χ2n) is 2.64. The van der Waals surface area contributed by atoms with Crippen LogP contribution < -0.4 is 0 Å². The molecule has 0 bridgehead atoms. The number of carbonyl (C=O) groups excluding carboxylic acids is 1. The molecule has 0 radical (unpaired) electrons. The molecule has 0 saturated carbocycles. The summed E-state index contributed by atoms with van der Waals surface area (Å²) in [6.07, 6.45) is 3.57. The molecule has 0 spiro atoms. The molecule has 0 N–H and O–H groups in total. The molecule has 1 aliphatic rings. The Labute approximate surface area is 109 Å². The van der Waals surface area contributed by atoms with Crippen molar-refractivity contribution in [3.05, 3.63) is 27.4 Å². The van der Waals surface area contributed by atoms with E-state index in [1.807, 2.05) is 18.4 Å². The van der Waals surface area contributed by atoms with Crippen molar-refractivity contribution < 1.29 is 9.21 Å². The van der Waals surface area contributed by atoms with E-state index >= 15 is 0 Å². The highest BCUT2D eigenvalue weighted by Gasteiger charge is 2.21. The van der Waals surface area contributed by atoms with Gasteiger partial charge in [-0.25, -0.2) is 4.99 Å². The first kappa shape index (κ1) is 11.3. The van der Waals surface area contributed by atoms with Crippen molar-refractivity contribution in [2.45, 2.75) is 0 Å². The summed E-state index contributed by atoms with van der Waals surface area (Å²) in [6, 6.07) is 3.66. The second kappa shape index (κ2) is 4.75. The Balaban J connectivity index is 2.27. The Morgan fingerprint density at radius 3 is 2.93 bits per heavy atom. The summed E-state index contributed by atoms with van der Waals surface area (Å²) in [7, 11) is 0. The summed E-state index contributed by atoms with van der Waals surface area (Å²) < 4.78 is 6.92. The second-order valence-corrected chi connectivity index (χ2v) is 5.72. The smallest absolute Gasteiger partial charge is 0.244 e. The predicted molar refractivity (Wildman–Crippen MR) is 73.0 cm³/mol. The molecule has 1 aromatic heterocycles. The maximum atomic E-state index is 11.5. The van der Waals surface area contributed by atoms with Crippen LogP contribution in [-0.2, 0) is 4.79 Å². The zero-order valence-corrected chi connectivity index (χ0v) is 11.5. The molecule has 0 fully saturated rings. The third kappa shape index (κ3) is 2.67. The van der Waals surface area contributed by atoms with E-state index in [9.17, 15) is 4.79 Å². The van der Waals surface area contributed by atoms with Crippen LogP contribution in [-0.4, -0.2) is 15.7 Å². The number of furan rings is 1. The maximum Gasteiger partial charge on any atom is 0.244 e. The third-order valence-corrected chi connectivity index (χ3v) is 4.08. The van der Waals surface area contributed by atoms with Crippen molar-refractivity contribution in [2.24, 2.45) is 4.99 Å². The monoisotopic (exact) mass is 351 g/mol. The average Bonchev–Trinajstić information content (AvgIpc) is 2.75. The third-order valence-electron chi connectivity index (χ3n) is 1.65. The first-order valence-electron chi connectivity index (χ1n) is 4.01. The fourth-order valence-corrected chi connectivity index (χ4v) is 2.71. The van der Waals surface area contributed by atoms with Gasteiger partial charge in [-0.1, -0.05) is 0 Å². The van der Waals surface area contributed by atoms with Crippen molar-refractivity contribution >= 4 is 61.7 Å². The van der Waals surface area contributed by atoms with Gasteiger partial charge in [0.1, 0.15) is 15.8 Å². The summed E-state index contributed by atoms with van der Waals surface area (Å²) in [5, 5.41) is -0.0224. The number of aliphatic imine (C=N–C) groups is 1. The number of halogens is 1. The molecule has 0 aliphatic carbocycles. The predicted octanol–water partition coefficient (Wildman–Crippen LogP) is 3.22. The fraction of sp³-hybridized carbons (Fsp3) is 0.111. The van der Waals surface area contributed by atoms with E-state index in [1.54, 1.807) is 6.08 Å². The van der Waals surface area contributed by atoms with Gasteiger partial charge in [-0.2, -0.15) is 0 Å². The van der Waals surface area contributed by atoms with E-state index in [4.69, 9.17) is 4.42 Å². The topological polar surface area (TPSA) is 42.6 Å². The van der Waals surface area contributed by atoms with Crippen molar-refractivity contribution in [2.75, 3.05) is 6.26 Å². The van der Waals surface area contributed by atoms with E-state index < -0.39 is 0 Å². The van der Waals surface area contributed by atoms with E-state index in [-0.39, 0.29) is 5.12 Å². The van der Waals surface area contributed by atoms with Crippen LogP contribution in [0.4, 0.5) is 0 Å². The lowest BCUT2D eigenvalue weighted by Crippen LogP contribution is -1.86. The molecule has 3 nitrogen and oxygen atoms in total. The molecular formula is C9H6INO2S2. The first-order chi connectivity index (χ1) is 7.19. The SMILES string of the molecule is CSC1=N/C(=C\c2ccc(I)o2)C(=O)S1. The molecule has 1 aromatic rings.